The second-order valence-electron chi connectivity index (χ2n) is 4.81. The van der Waals surface area contributed by atoms with Gasteiger partial charge >= 0.3 is 5.97 Å². The molecule has 0 unspecified atom stereocenters. The lowest BCUT2D eigenvalue weighted by molar-refractivity contribution is -0.129. The van der Waals surface area contributed by atoms with E-state index in [4.69, 9.17) is 14.2 Å². The highest BCUT2D eigenvalue weighted by molar-refractivity contribution is 6.13. The highest BCUT2D eigenvalue weighted by atomic mass is 16.7. The molecule has 0 aliphatic carbocycles. The number of rotatable bonds is 2. The van der Waals surface area contributed by atoms with Crippen molar-refractivity contribution in [2.24, 2.45) is 4.99 Å². The Kier molecular flexibility index (Phi) is 2.89. The summed E-state index contributed by atoms with van der Waals surface area (Å²) in [5, 5.41) is 0. The van der Waals surface area contributed by atoms with Gasteiger partial charge in [-0.05, 0) is 29.8 Å². The van der Waals surface area contributed by atoms with Gasteiger partial charge in [0, 0.05) is 5.56 Å². The predicted molar refractivity (Wildman–Crippen MR) is 79.6 cm³/mol. The Morgan fingerprint density at radius 2 is 1.82 bits per heavy atom. The number of benzene rings is 2. The van der Waals surface area contributed by atoms with E-state index in [0.29, 0.717) is 17.1 Å². The summed E-state index contributed by atoms with van der Waals surface area (Å²) in [6, 6.07) is 14.8. The van der Waals surface area contributed by atoms with E-state index in [-0.39, 0.29) is 18.4 Å². The van der Waals surface area contributed by atoms with Crippen molar-refractivity contribution in [3.63, 3.8) is 0 Å². The standard InChI is InChI=1S/C17H11NO4/c19-17-13(8-11-4-2-1-3-5-11)18-16(22-17)12-6-7-14-15(9-12)21-10-20-14/h1-9H,10H2/b13-8+. The van der Waals surface area contributed by atoms with Crippen molar-refractivity contribution in [1.82, 2.24) is 0 Å². The average molecular weight is 293 g/mol. The zero-order valence-corrected chi connectivity index (χ0v) is 11.5. The third kappa shape index (κ3) is 2.22. The van der Waals surface area contributed by atoms with Gasteiger partial charge in [0.25, 0.3) is 0 Å². The molecule has 2 heterocycles. The van der Waals surface area contributed by atoms with Crippen LogP contribution in [0.2, 0.25) is 0 Å². The molecule has 0 saturated heterocycles. The van der Waals surface area contributed by atoms with Crippen LogP contribution < -0.4 is 9.47 Å². The van der Waals surface area contributed by atoms with Crippen LogP contribution >= 0.6 is 0 Å². The van der Waals surface area contributed by atoms with Crippen molar-refractivity contribution in [3.05, 3.63) is 65.4 Å². The zero-order chi connectivity index (χ0) is 14.9. The maximum Gasteiger partial charge on any atom is 0.363 e. The molecule has 0 bridgehead atoms. The Morgan fingerprint density at radius 3 is 2.68 bits per heavy atom. The number of cyclic esters (lactones) is 1. The fraction of sp³-hybridized carbons (Fsp3) is 0.0588. The van der Waals surface area contributed by atoms with Crippen LogP contribution in [0.3, 0.4) is 0 Å². The summed E-state index contributed by atoms with van der Waals surface area (Å²) in [5.41, 5.74) is 1.85. The van der Waals surface area contributed by atoms with E-state index in [1.165, 1.54) is 0 Å². The van der Waals surface area contributed by atoms with E-state index in [1.54, 1.807) is 24.3 Å². The highest BCUT2D eigenvalue weighted by Crippen LogP contribution is 2.33. The molecule has 2 aromatic rings. The van der Waals surface area contributed by atoms with Gasteiger partial charge in [-0.1, -0.05) is 30.3 Å². The summed E-state index contributed by atoms with van der Waals surface area (Å²) in [5.74, 6) is 1.10. The molecule has 22 heavy (non-hydrogen) atoms. The van der Waals surface area contributed by atoms with Crippen LogP contribution in [0, 0.1) is 0 Å². The largest absolute Gasteiger partial charge is 0.454 e. The normalized spacial score (nSPS) is 17.5. The number of aliphatic imine (C=N–C) groups is 1. The van der Waals surface area contributed by atoms with Gasteiger partial charge in [-0.2, -0.15) is 0 Å². The predicted octanol–water partition coefficient (Wildman–Crippen LogP) is 2.76. The maximum atomic E-state index is 11.9. The molecule has 0 atom stereocenters. The van der Waals surface area contributed by atoms with Crippen molar-refractivity contribution in [2.75, 3.05) is 6.79 Å². The Morgan fingerprint density at radius 1 is 1.00 bits per heavy atom. The number of carbonyl (C=O) groups is 1. The van der Waals surface area contributed by atoms with Gasteiger partial charge in [-0.25, -0.2) is 9.79 Å². The number of fused-ring (bicyclic) bond motifs is 1. The smallest absolute Gasteiger partial charge is 0.363 e. The highest BCUT2D eigenvalue weighted by Gasteiger charge is 2.25. The number of esters is 1. The minimum atomic E-state index is -0.462. The van der Waals surface area contributed by atoms with Crippen molar-refractivity contribution in [3.8, 4) is 11.5 Å². The van der Waals surface area contributed by atoms with E-state index in [1.807, 2.05) is 30.3 Å². The van der Waals surface area contributed by atoms with Crippen molar-refractivity contribution < 1.29 is 19.0 Å². The van der Waals surface area contributed by atoms with E-state index in [0.717, 1.165) is 5.56 Å². The van der Waals surface area contributed by atoms with Crippen LogP contribution in [-0.2, 0) is 9.53 Å². The molecule has 0 spiro atoms. The van der Waals surface area contributed by atoms with E-state index in [2.05, 4.69) is 4.99 Å². The summed E-state index contributed by atoms with van der Waals surface area (Å²) in [4.78, 5) is 16.2. The first-order valence-electron chi connectivity index (χ1n) is 6.77. The second kappa shape index (κ2) is 5.04. The Bertz CT molecular complexity index is 809. The lowest BCUT2D eigenvalue weighted by Crippen LogP contribution is -2.05. The van der Waals surface area contributed by atoms with Gasteiger partial charge < -0.3 is 14.2 Å². The third-order valence-electron chi connectivity index (χ3n) is 3.34. The Hall–Kier alpha value is -3.08. The first-order chi connectivity index (χ1) is 10.8. The lowest BCUT2D eigenvalue weighted by Gasteiger charge is -2.01. The van der Waals surface area contributed by atoms with Gasteiger partial charge in [0.2, 0.25) is 12.7 Å². The van der Waals surface area contributed by atoms with E-state index >= 15 is 0 Å². The molecule has 2 aromatic carbocycles. The van der Waals surface area contributed by atoms with Gasteiger partial charge in [0.15, 0.2) is 17.2 Å². The molecule has 0 aromatic heterocycles. The number of carbonyl (C=O) groups excluding carboxylic acids is 1. The summed E-state index contributed by atoms with van der Waals surface area (Å²) in [7, 11) is 0. The summed E-state index contributed by atoms with van der Waals surface area (Å²) in [6.07, 6.45) is 1.70. The molecular weight excluding hydrogens is 282 g/mol. The van der Waals surface area contributed by atoms with Gasteiger partial charge in [-0.3, -0.25) is 0 Å². The molecular formula is C17H11NO4. The number of nitrogens with zero attached hydrogens (tertiary/aromatic N) is 1. The van der Waals surface area contributed by atoms with Gasteiger partial charge in [0.1, 0.15) is 0 Å². The first-order valence-corrected chi connectivity index (χ1v) is 6.77. The molecule has 0 radical (unpaired) electrons. The Balaban J connectivity index is 1.68. The maximum absolute atomic E-state index is 11.9. The minimum Gasteiger partial charge on any atom is -0.454 e. The first kappa shape index (κ1) is 12.6. The SMILES string of the molecule is O=C1OC(c2ccc3c(c2)OCO3)=N/C1=C/c1ccccc1. The summed E-state index contributed by atoms with van der Waals surface area (Å²) in [6.45, 7) is 0.199. The van der Waals surface area contributed by atoms with Crippen LogP contribution in [0.4, 0.5) is 0 Å². The zero-order valence-electron chi connectivity index (χ0n) is 11.5. The van der Waals surface area contributed by atoms with Crippen LogP contribution in [-0.4, -0.2) is 18.7 Å². The van der Waals surface area contributed by atoms with Crippen molar-refractivity contribution in [1.29, 1.82) is 0 Å². The quantitative estimate of drug-likeness (QED) is 0.631. The topological polar surface area (TPSA) is 57.1 Å². The second-order valence-corrected chi connectivity index (χ2v) is 4.81. The van der Waals surface area contributed by atoms with Gasteiger partial charge in [0.05, 0.1) is 0 Å². The van der Waals surface area contributed by atoms with Crippen molar-refractivity contribution in [2.45, 2.75) is 0 Å². The van der Waals surface area contributed by atoms with Crippen LogP contribution in [0.15, 0.2) is 59.2 Å². The number of hydrogen-bond acceptors (Lipinski definition) is 5. The van der Waals surface area contributed by atoms with Crippen molar-refractivity contribution >= 4 is 17.9 Å². The summed E-state index contributed by atoms with van der Waals surface area (Å²) >= 11 is 0. The van der Waals surface area contributed by atoms with E-state index in [9.17, 15) is 4.79 Å². The van der Waals surface area contributed by atoms with Gasteiger partial charge in [-0.15, -0.1) is 0 Å². The molecule has 2 aliphatic heterocycles. The molecule has 5 heteroatoms. The fourth-order valence-electron chi connectivity index (χ4n) is 2.27. The molecule has 0 saturated carbocycles. The molecule has 4 rings (SSSR count). The van der Waals surface area contributed by atoms with Crippen LogP contribution in [0.25, 0.3) is 6.08 Å². The molecule has 0 amide bonds. The minimum absolute atomic E-state index is 0.199. The number of ether oxygens (including phenoxy) is 3. The molecule has 0 N–H and O–H groups in total. The average Bonchev–Trinajstić information content (AvgIpc) is 3.15. The fourth-order valence-corrected chi connectivity index (χ4v) is 2.27. The lowest BCUT2D eigenvalue weighted by atomic mass is 10.2. The molecule has 5 nitrogen and oxygen atoms in total. The Labute approximate surface area is 126 Å². The summed E-state index contributed by atoms with van der Waals surface area (Å²) < 4.78 is 15.8. The van der Waals surface area contributed by atoms with Crippen LogP contribution in [0.5, 0.6) is 11.5 Å². The van der Waals surface area contributed by atoms with Crippen LogP contribution in [0.1, 0.15) is 11.1 Å². The number of hydrogen-bond donors (Lipinski definition) is 0. The monoisotopic (exact) mass is 293 g/mol. The molecule has 108 valence electrons. The third-order valence-corrected chi connectivity index (χ3v) is 3.34. The molecule has 2 aliphatic rings. The molecule has 0 fully saturated rings. The van der Waals surface area contributed by atoms with E-state index < -0.39 is 5.97 Å².